The Balaban J connectivity index is 2.07. The summed E-state index contributed by atoms with van der Waals surface area (Å²) >= 11 is 0. The molecular formula is C19H21N3. The fourth-order valence-electron chi connectivity index (χ4n) is 1.95. The van der Waals surface area contributed by atoms with Gasteiger partial charge >= 0.3 is 0 Å². The number of rotatable bonds is 5. The first kappa shape index (κ1) is 15.7. The number of benzene rings is 1. The number of aromatic nitrogens is 1. The highest BCUT2D eigenvalue weighted by Crippen LogP contribution is 2.14. The summed E-state index contributed by atoms with van der Waals surface area (Å²) in [6.07, 6.45) is 5.41. The number of pyridine rings is 1. The van der Waals surface area contributed by atoms with Crippen LogP contribution < -0.4 is 5.32 Å². The molecular weight excluding hydrogens is 270 g/mol. The summed E-state index contributed by atoms with van der Waals surface area (Å²) < 4.78 is 0. The van der Waals surface area contributed by atoms with Gasteiger partial charge in [0.15, 0.2) is 0 Å². The maximum absolute atomic E-state index is 4.49. The van der Waals surface area contributed by atoms with Crippen molar-refractivity contribution in [1.29, 1.82) is 0 Å². The van der Waals surface area contributed by atoms with Gasteiger partial charge in [-0.15, -0.1) is 0 Å². The van der Waals surface area contributed by atoms with E-state index in [0.29, 0.717) is 0 Å². The van der Waals surface area contributed by atoms with Gasteiger partial charge < -0.3 is 5.32 Å². The lowest BCUT2D eigenvalue weighted by Crippen LogP contribution is -2.06. The van der Waals surface area contributed by atoms with Crippen molar-refractivity contribution in [3.63, 3.8) is 0 Å². The van der Waals surface area contributed by atoms with E-state index in [1.54, 1.807) is 12.4 Å². The normalized spacial score (nSPS) is 12.1. The van der Waals surface area contributed by atoms with Crippen LogP contribution in [-0.2, 0) is 0 Å². The largest absolute Gasteiger partial charge is 0.355 e. The highest BCUT2D eigenvalue weighted by atomic mass is 14.9. The molecule has 0 aliphatic rings. The molecule has 1 N–H and O–H groups in total. The Bertz CT molecular complexity index is 712. The Morgan fingerprint density at radius 3 is 2.59 bits per heavy atom. The zero-order chi connectivity index (χ0) is 15.9. The molecule has 0 spiro atoms. The third-order valence-electron chi connectivity index (χ3n) is 3.34. The van der Waals surface area contributed by atoms with E-state index in [2.05, 4.69) is 40.9 Å². The van der Waals surface area contributed by atoms with Crippen molar-refractivity contribution in [2.75, 3.05) is 5.32 Å². The lowest BCUT2D eigenvalue weighted by atomic mass is 10.1. The molecule has 0 bridgehead atoms. The minimum atomic E-state index is 0.796. The van der Waals surface area contributed by atoms with Gasteiger partial charge in [0.1, 0.15) is 0 Å². The van der Waals surface area contributed by atoms with Crippen molar-refractivity contribution in [2.45, 2.75) is 20.8 Å². The summed E-state index contributed by atoms with van der Waals surface area (Å²) in [5.41, 5.74) is 6.09. The molecule has 22 heavy (non-hydrogen) atoms. The third-order valence-corrected chi connectivity index (χ3v) is 3.34. The second-order valence-corrected chi connectivity index (χ2v) is 5.24. The Morgan fingerprint density at radius 1 is 1.18 bits per heavy atom. The van der Waals surface area contributed by atoms with E-state index >= 15 is 0 Å². The van der Waals surface area contributed by atoms with Crippen LogP contribution >= 0.6 is 0 Å². The van der Waals surface area contributed by atoms with Crippen molar-refractivity contribution in [1.82, 2.24) is 4.98 Å². The molecule has 2 rings (SSSR count). The second kappa shape index (κ2) is 7.36. The molecule has 1 aromatic heterocycles. The maximum atomic E-state index is 4.49. The van der Waals surface area contributed by atoms with Crippen molar-refractivity contribution in [2.24, 2.45) is 4.99 Å². The molecule has 1 aromatic carbocycles. The molecule has 3 heteroatoms. The van der Waals surface area contributed by atoms with E-state index in [9.17, 15) is 0 Å². The van der Waals surface area contributed by atoms with Crippen LogP contribution in [-0.4, -0.2) is 10.7 Å². The number of aliphatic imine (C=N–C) groups is 1. The predicted molar refractivity (Wildman–Crippen MR) is 94.9 cm³/mol. The van der Waals surface area contributed by atoms with E-state index in [1.165, 1.54) is 5.56 Å². The molecule has 1 heterocycles. The summed E-state index contributed by atoms with van der Waals surface area (Å²) in [4.78, 5) is 8.51. The Labute approximate surface area is 132 Å². The molecule has 0 unspecified atom stereocenters. The highest BCUT2D eigenvalue weighted by molar-refractivity contribution is 6.00. The van der Waals surface area contributed by atoms with E-state index in [4.69, 9.17) is 0 Å². The second-order valence-electron chi connectivity index (χ2n) is 5.24. The molecule has 2 aromatic rings. The van der Waals surface area contributed by atoms with Crippen molar-refractivity contribution in [3.8, 4) is 0 Å². The van der Waals surface area contributed by atoms with E-state index in [1.807, 2.05) is 44.3 Å². The SMILES string of the molecule is C=C(Nc1cccc(C)c1)C(C)=N/C=C(\C)c1ccncc1. The molecule has 3 nitrogen and oxygen atoms in total. The first-order chi connectivity index (χ1) is 10.6. The van der Waals surface area contributed by atoms with Gasteiger partial charge in [-0.1, -0.05) is 18.7 Å². The van der Waals surface area contributed by atoms with Crippen LogP contribution in [0, 0.1) is 6.92 Å². The topological polar surface area (TPSA) is 37.3 Å². The number of allylic oxidation sites excluding steroid dienone is 2. The minimum absolute atomic E-state index is 0.796. The monoisotopic (exact) mass is 291 g/mol. The molecule has 0 fully saturated rings. The summed E-state index contributed by atoms with van der Waals surface area (Å²) in [5.74, 6) is 0. The number of hydrogen-bond donors (Lipinski definition) is 1. The summed E-state index contributed by atoms with van der Waals surface area (Å²) in [5, 5.41) is 3.28. The van der Waals surface area contributed by atoms with Gasteiger partial charge in [-0.2, -0.15) is 0 Å². The van der Waals surface area contributed by atoms with Gasteiger partial charge in [0.2, 0.25) is 0 Å². The molecule has 0 radical (unpaired) electrons. The smallest absolute Gasteiger partial charge is 0.0601 e. The third kappa shape index (κ3) is 4.42. The molecule has 0 amide bonds. The quantitative estimate of drug-likeness (QED) is 0.800. The maximum Gasteiger partial charge on any atom is 0.0601 e. The van der Waals surface area contributed by atoms with Crippen LogP contribution in [0.25, 0.3) is 5.57 Å². The van der Waals surface area contributed by atoms with Crippen molar-refractivity contribution < 1.29 is 0 Å². The van der Waals surface area contributed by atoms with Crippen molar-refractivity contribution >= 4 is 17.0 Å². The lowest BCUT2D eigenvalue weighted by Gasteiger charge is -2.09. The standard InChI is InChI=1S/C19H21N3/c1-14-6-5-7-19(12-14)22-17(4)16(3)21-13-15(2)18-8-10-20-11-9-18/h5-13,22H,4H2,1-3H3/b15-13+,21-16?. The fourth-order valence-corrected chi connectivity index (χ4v) is 1.95. The molecule has 0 saturated heterocycles. The average Bonchev–Trinajstić information content (AvgIpc) is 2.53. The summed E-state index contributed by atoms with van der Waals surface area (Å²) in [6, 6.07) is 12.1. The van der Waals surface area contributed by atoms with Crippen LogP contribution in [0.2, 0.25) is 0 Å². The van der Waals surface area contributed by atoms with Crippen LogP contribution in [0.5, 0.6) is 0 Å². The predicted octanol–water partition coefficient (Wildman–Crippen LogP) is 4.84. The summed E-state index contributed by atoms with van der Waals surface area (Å²) in [7, 11) is 0. The number of anilines is 1. The molecule has 0 saturated carbocycles. The fraction of sp³-hybridized carbons (Fsp3) is 0.158. The van der Waals surface area contributed by atoms with Gasteiger partial charge in [0.05, 0.1) is 11.4 Å². The van der Waals surface area contributed by atoms with Gasteiger partial charge in [0, 0.05) is 24.3 Å². The van der Waals surface area contributed by atoms with Crippen LogP contribution in [0.4, 0.5) is 5.69 Å². The Kier molecular flexibility index (Phi) is 5.26. The molecule has 0 aliphatic heterocycles. The zero-order valence-electron chi connectivity index (χ0n) is 13.3. The van der Waals surface area contributed by atoms with Gasteiger partial charge in [-0.05, 0) is 61.7 Å². The average molecular weight is 291 g/mol. The van der Waals surface area contributed by atoms with Crippen LogP contribution in [0.3, 0.4) is 0 Å². The van der Waals surface area contributed by atoms with Crippen LogP contribution in [0.15, 0.2) is 72.3 Å². The number of nitrogens with zero attached hydrogens (tertiary/aromatic N) is 2. The summed E-state index contributed by atoms with van der Waals surface area (Å²) in [6.45, 7) is 10.1. The number of hydrogen-bond acceptors (Lipinski definition) is 3. The van der Waals surface area contributed by atoms with Crippen LogP contribution in [0.1, 0.15) is 25.0 Å². The highest BCUT2D eigenvalue weighted by Gasteiger charge is 2.00. The van der Waals surface area contributed by atoms with Gasteiger partial charge in [-0.25, -0.2) is 0 Å². The zero-order valence-corrected chi connectivity index (χ0v) is 13.3. The van der Waals surface area contributed by atoms with E-state index < -0.39 is 0 Å². The Hall–Kier alpha value is -2.68. The number of aryl methyl sites for hydroxylation is 1. The van der Waals surface area contributed by atoms with Gasteiger partial charge in [0.25, 0.3) is 0 Å². The number of nitrogens with one attached hydrogen (secondary N) is 1. The van der Waals surface area contributed by atoms with E-state index in [-0.39, 0.29) is 0 Å². The lowest BCUT2D eigenvalue weighted by molar-refractivity contribution is 1.31. The molecule has 112 valence electrons. The molecule has 0 aliphatic carbocycles. The molecule has 0 atom stereocenters. The van der Waals surface area contributed by atoms with Crippen molar-refractivity contribution in [3.05, 3.63) is 78.4 Å². The first-order valence-electron chi connectivity index (χ1n) is 7.21. The minimum Gasteiger partial charge on any atom is -0.355 e. The first-order valence-corrected chi connectivity index (χ1v) is 7.21. The van der Waals surface area contributed by atoms with E-state index in [0.717, 1.165) is 28.2 Å². The van der Waals surface area contributed by atoms with Gasteiger partial charge in [-0.3, -0.25) is 9.98 Å². The Morgan fingerprint density at radius 2 is 1.91 bits per heavy atom.